The van der Waals surface area contributed by atoms with Gasteiger partial charge in [0, 0.05) is 57.5 Å². The van der Waals surface area contributed by atoms with Gasteiger partial charge in [0.25, 0.3) is 0 Å². The average molecular weight is 736 g/mol. The number of aromatic nitrogens is 3. The van der Waals surface area contributed by atoms with Crippen molar-refractivity contribution in [1.82, 2.24) is 14.5 Å². The topological polar surface area (TPSA) is 58.9 Å². The maximum atomic E-state index is 10.8. The minimum atomic E-state index is 0.367. The number of nitrogens with zero attached hydrogens (tertiary/aromatic N) is 5. The van der Waals surface area contributed by atoms with Crippen LogP contribution in [0.25, 0.3) is 107 Å². The molecule has 4 heterocycles. The predicted molar refractivity (Wildman–Crippen MR) is 229 cm³/mol. The molecule has 0 unspecified atom stereocenters. The Hall–Kier alpha value is -7.16. The standard InChI is InChI=1S/C48H25N5S2/c1-50-38-26-29(22-25-40(38)53-39-19-8-5-14-30(39)33-23-24-35-32-16-7-10-21-42(32)55-47(35)45(33)53)44-37(27-49)43(28-12-3-2-4-13-28)51-48(52-44)36-18-11-17-34-31-15-6-9-20-41(31)54-46(34)36/h2-26H. The van der Waals surface area contributed by atoms with Crippen LogP contribution in [0.2, 0.25) is 0 Å². The van der Waals surface area contributed by atoms with Crippen LogP contribution in [0.1, 0.15) is 5.56 Å². The molecule has 0 spiro atoms. The van der Waals surface area contributed by atoms with E-state index in [1.807, 2.05) is 54.6 Å². The summed E-state index contributed by atoms with van der Waals surface area (Å²) in [5, 5.41) is 17.8. The van der Waals surface area contributed by atoms with Crippen molar-refractivity contribution < 1.29 is 0 Å². The molecular weight excluding hydrogens is 711 g/mol. The third-order valence-corrected chi connectivity index (χ3v) is 12.9. The van der Waals surface area contributed by atoms with Gasteiger partial charge in [-0.05, 0) is 42.0 Å². The number of hydrogen-bond acceptors (Lipinski definition) is 5. The lowest BCUT2D eigenvalue weighted by Gasteiger charge is -2.15. The zero-order chi connectivity index (χ0) is 36.6. The van der Waals surface area contributed by atoms with Crippen molar-refractivity contribution in [3.63, 3.8) is 0 Å². The van der Waals surface area contributed by atoms with Crippen molar-refractivity contribution in [3.8, 4) is 45.7 Å². The monoisotopic (exact) mass is 735 g/mol. The number of rotatable bonds is 4. The van der Waals surface area contributed by atoms with Crippen LogP contribution >= 0.6 is 22.7 Å². The molecule has 254 valence electrons. The van der Waals surface area contributed by atoms with Crippen molar-refractivity contribution in [2.24, 2.45) is 0 Å². The minimum Gasteiger partial charge on any atom is -0.318 e. The highest BCUT2D eigenvalue weighted by molar-refractivity contribution is 7.27. The van der Waals surface area contributed by atoms with Crippen LogP contribution in [0.5, 0.6) is 0 Å². The minimum absolute atomic E-state index is 0.367. The van der Waals surface area contributed by atoms with Gasteiger partial charge >= 0.3 is 0 Å². The summed E-state index contributed by atoms with van der Waals surface area (Å²) in [6.45, 7) is 8.53. The highest BCUT2D eigenvalue weighted by Crippen LogP contribution is 2.45. The first kappa shape index (κ1) is 31.4. The van der Waals surface area contributed by atoms with E-state index in [2.05, 4.69) is 113 Å². The van der Waals surface area contributed by atoms with Gasteiger partial charge in [-0.25, -0.2) is 14.8 Å². The molecular formula is C48H25N5S2. The fourth-order valence-corrected chi connectivity index (χ4v) is 10.5. The molecule has 0 saturated heterocycles. The predicted octanol–water partition coefficient (Wildman–Crippen LogP) is 13.7. The second kappa shape index (κ2) is 12.2. The molecule has 0 aliphatic rings. The van der Waals surface area contributed by atoms with Gasteiger partial charge in [-0.15, -0.1) is 22.7 Å². The molecule has 0 atom stereocenters. The molecule has 0 aliphatic carbocycles. The zero-order valence-corrected chi connectivity index (χ0v) is 30.6. The van der Waals surface area contributed by atoms with Gasteiger partial charge in [0.15, 0.2) is 5.82 Å². The maximum Gasteiger partial charge on any atom is 0.211 e. The summed E-state index contributed by atoms with van der Waals surface area (Å²) >= 11 is 3.50. The molecule has 11 aromatic rings. The Bertz CT molecular complexity index is 3470. The van der Waals surface area contributed by atoms with Gasteiger partial charge in [-0.1, -0.05) is 115 Å². The average Bonchev–Trinajstić information content (AvgIpc) is 3.93. The third kappa shape index (κ3) is 4.68. The van der Waals surface area contributed by atoms with Gasteiger partial charge in [-0.2, -0.15) is 5.26 Å². The maximum absolute atomic E-state index is 10.8. The van der Waals surface area contributed by atoms with E-state index in [0.717, 1.165) is 48.7 Å². The van der Waals surface area contributed by atoms with E-state index in [-0.39, 0.29) is 0 Å². The fraction of sp³-hybridized carbons (Fsp3) is 0. The van der Waals surface area contributed by atoms with Crippen LogP contribution in [-0.2, 0) is 0 Å². The van der Waals surface area contributed by atoms with Gasteiger partial charge in [-0.3, -0.25) is 0 Å². The lowest BCUT2D eigenvalue weighted by molar-refractivity contribution is 1.17. The summed E-state index contributed by atoms with van der Waals surface area (Å²) in [6, 6.07) is 54.2. The number of fused-ring (bicyclic) bond motifs is 10. The lowest BCUT2D eigenvalue weighted by Crippen LogP contribution is -2.01. The quantitative estimate of drug-likeness (QED) is 0.169. The largest absolute Gasteiger partial charge is 0.318 e. The number of thiophene rings is 2. The Morgan fingerprint density at radius 2 is 1.18 bits per heavy atom. The smallest absolute Gasteiger partial charge is 0.211 e. The molecule has 0 fully saturated rings. The highest BCUT2D eigenvalue weighted by atomic mass is 32.1. The number of nitriles is 1. The van der Waals surface area contributed by atoms with E-state index in [9.17, 15) is 5.26 Å². The van der Waals surface area contributed by atoms with Crippen LogP contribution < -0.4 is 0 Å². The molecule has 4 aromatic heterocycles. The summed E-state index contributed by atoms with van der Waals surface area (Å²) < 4.78 is 6.94. The van der Waals surface area contributed by atoms with Crippen molar-refractivity contribution in [2.75, 3.05) is 0 Å². The van der Waals surface area contributed by atoms with Crippen LogP contribution in [0.15, 0.2) is 152 Å². The molecule has 0 N–H and O–H groups in total. The molecule has 0 radical (unpaired) electrons. The molecule has 11 rings (SSSR count). The van der Waals surface area contributed by atoms with Crippen molar-refractivity contribution in [3.05, 3.63) is 169 Å². The summed E-state index contributed by atoms with van der Waals surface area (Å²) in [4.78, 5) is 14.4. The summed E-state index contributed by atoms with van der Waals surface area (Å²) in [5.41, 5.74) is 7.20. The highest BCUT2D eigenvalue weighted by Gasteiger charge is 2.23. The molecule has 0 bridgehead atoms. The van der Waals surface area contributed by atoms with E-state index in [1.165, 1.54) is 30.3 Å². The number of hydrogen-bond donors (Lipinski definition) is 0. The lowest BCUT2D eigenvalue weighted by atomic mass is 9.99. The van der Waals surface area contributed by atoms with Gasteiger partial charge < -0.3 is 4.57 Å². The Labute approximate surface area is 323 Å². The van der Waals surface area contributed by atoms with E-state index >= 15 is 0 Å². The fourth-order valence-electron chi connectivity index (χ4n) is 8.05. The second-order valence-corrected chi connectivity index (χ2v) is 15.6. The Morgan fingerprint density at radius 1 is 0.564 bits per heavy atom. The normalized spacial score (nSPS) is 11.6. The van der Waals surface area contributed by atoms with E-state index < -0.39 is 0 Å². The first-order valence-corrected chi connectivity index (χ1v) is 19.5. The van der Waals surface area contributed by atoms with Crippen molar-refractivity contribution in [1.29, 1.82) is 5.26 Å². The Morgan fingerprint density at radius 3 is 1.93 bits per heavy atom. The first-order chi connectivity index (χ1) is 27.2. The van der Waals surface area contributed by atoms with Crippen LogP contribution in [0.3, 0.4) is 0 Å². The SMILES string of the molecule is [C-]#[N+]c1cc(-c2nc(-c3cccc4c3sc3ccccc34)nc(-c3ccccc3)c2C#N)ccc1-n1c2ccccc2c2ccc3c4ccccc4sc3c21. The summed E-state index contributed by atoms with van der Waals surface area (Å²) in [5.74, 6) is 0.535. The van der Waals surface area contributed by atoms with Crippen molar-refractivity contribution in [2.45, 2.75) is 0 Å². The van der Waals surface area contributed by atoms with Gasteiger partial charge in [0.1, 0.15) is 11.6 Å². The van der Waals surface area contributed by atoms with E-state index in [0.29, 0.717) is 34.0 Å². The number of para-hydroxylation sites is 1. The molecule has 0 amide bonds. The second-order valence-electron chi connectivity index (χ2n) is 13.5. The van der Waals surface area contributed by atoms with Gasteiger partial charge in [0.2, 0.25) is 5.69 Å². The van der Waals surface area contributed by atoms with Gasteiger partial charge in [0.05, 0.1) is 39.4 Å². The van der Waals surface area contributed by atoms with Crippen LogP contribution in [0, 0.1) is 17.9 Å². The molecule has 0 saturated carbocycles. The van der Waals surface area contributed by atoms with E-state index in [4.69, 9.17) is 16.5 Å². The summed E-state index contributed by atoms with van der Waals surface area (Å²) in [7, 11) is 0. The van der Waals surface area contributed by atoms with E-state index in [1.54, 1.807) is 22.7 Å². The Kier molecular flexibility index (Phi) is 6.96. The molecule has 55 heavy (non-hydrogen) atoms. The summed E-state index contributed by atoms with van der Waals surface area (Å²) in [6.07, 6.45) is 0. The van der Waals surface area contributed by atoms with Crippen molar-refractivity contribution >= 4 is 90.5 Å². The van der Waals surface area contributed by atoms with Crippen LogP contribution in [-0.4, -0.2) is 14.5 Å². The van der Waals surface area contributed by atoms with Crippen LogP contribution in [0.4, 0.5) is 5.69 Å². The zero-order valence-electron chi connectivity index (χ0n) is 29.0. The molecule has 7 heteroatoms. The first-order valence-electron chi connectivity index (χ1n) is 17.8. The molecule has 7 aromatic carbocycles. The Balaban J connectivity index is 1.17. The third-order valence-electron chi connectivity index (χ3n) is 10.5. The number of benzene rings is 7. The molecule has 5 nitrogen and oxygen atoms in total. The molecule has 0 aliphatic heterocycles.